The lowest BCUT2D eigenvalue weighted by molar-refractivity contribution is -0.0888. The van der Waals surface area contributed by atoms with Crippen molar-refractivity contribution in [1.29, 1.82) is 0 Å². The highest BCUT2D eigenvalue weighted by atomic mass is 32.1. The smallest absolute Gasteiger partial charge is 0.287 e. The number of carbonyl (C=O) groups excluding carboxylic acids is 4. The first kappa shape index (κ1) is 31.6. The van der Waals surface area contributed by atoms with E-state index >= 15 is 0 Å². The van der Waals surface area contributed by atoms with E-state index in [1.807, 2.05) is 0 Å². The van der Waals surface area contributed by atoms with E-state index in [4.69, 9.17) is 0 Å². The van der Waals surface area contributed by atoms with Crippen molar-refractivity contribution < 1.29 is 54.3 Å². The van der Waals surface area contributed by atoms with Gasteiger partial charge in [0, 0.05) is 30.6 Å². The first-order valence-corrected chi connectivity index (χ1v) is 15.2. The average Bonchev–Trinajstić information content (AvgIpc) is 3.79. The van der Waals surface area contributed by atoms with Crippen molar-refractivity contribution in [3.63, 3.8) is 0 Å². The van der Waals surface area contributed by atoms with Crippen molar-refractivity contribution in [2.75, 3.05) is 0 Å². The number of carbonyl (C=O) groups is 4. The normalized spacial score (nSPS) is 14.5. The minimum Gasteiger partial charge on any atom is -0.287 e. The standard InChI is InChI=1S/C31H12F8O4S3/c32-29(33)27(42)21-22(28(29)43)24(20-12-10-18(45-20)14-3-7-16(8-4-14)26(41)31(37,38)39)46-23(21)19-11-9-17(44-19)13-1-5-15(6-2-13)25(40)30(34,35)36/h1-12H. The molecule has 0 N–H and O–H groups in total. The van der Waals surface area contributed by atoms with Gasteiger partial charge in [0.05, 0.1) is 20.9 Å². The summed E-state index contributed by atoms with van der Waals surface area (Å²) >= 11 is 2.99. The van der Waals surface area contributed by atoms with Gasteiger partial charge in [-0.05, 0) is 35.4 Å². The van der Waals surface area contributed by atoms with E-state index in [1.54, 1.807) is 12.1 Å². The van der Waals surface area contributed by atoms with E-state index in [0.29, 0.717) is 30.6 Å². The Labute approximate surface area is 264 Å². The maximum Gasteiger partial charge on any atom is 0.454 e. The van der Waals surface area contributed by atoms with Gasteiger partial charge in [0.25, 0.3) is 11.6 Å². The van der Waals surface area contributed by atoms with Crippen molar-refractivity contribution in [2.24, 2.45) is 0 Å². The molecule has 0 bridgehead atoms. The number of benzene rings is 2. The third-order valence-corrected chi connectivity index (χ3v) is 10.8. The van der Waals surface area contributed by atoms with Gasteiger partial charge in [-0.15, -0.1) is 34.0 Å². The quantitative estimate of drug-likeness (QED) is 0.101. The van der Waals surface area contributed by atoms with Crippen LogP contribution in [0.2, 0.25) is 0 Å². The zero-order valence-corrected chi connectivity index (χ0v) is 24.8. The van der Waals surface area contributed by atoms with Crippen LogP contribution >= 0.6 is 34.0 Å². The number of fused-ring (bicyclic) bond motifs is 1. The van der Waals surface area contributed by atoms with Gasteiger partial charge in [-0.3, -0.25) is 19.2 Å². The highest BCUT2D eigenvalue weighted by Crippen LogP contribution is 2.53. The molecule has 0 amide bonds. The second kappa shape index (κ2) is 10.9. The molecule has 46 heavy (non-hydrogen) atoms. The molecule has 3 aromatic heterocycles. The number of hydrogen-bond acceptors (Lipinski definition) is 7. The molecule has 6 rings (SSSR count). The Morgan fingerprint density at radius 3 is 1.15 bits per heavy atom. The summed E-state index contributed by atoms with van der Waals surface area (Å²) in [6.07, 6.45) is -10.1. The van der Waals surface area contributed by atoms with Gasteiger partial charge in [0.15, 0.2) is 0 Å². The number of Topliss-reactive ketones (excluding diaryl/α,β-unsaturated/α-hetero) is 4. The first-order valence-electron chi connectivity index (χ1n) is 12.8. The van der Waals surface area contributed by atoms with Gasteiger partial charge >= 0.3 is 18.3 Å². The van der Waals surface area contributed by atoms with E-state index < -0.39 is 63.7 Å². The van der Waals surface area contributed by atoms with E-state index in [1.165, 1.54) is 36.4 Å². The average molecular weight is 697 g/mol. The van der Waals surface area contributed by atoms with Crippen molar-refractivity contribution in [2.45, 2.75) is 18.3 Å². The Morgan fingerprint density at radius 1 is 0.500 bits per heavy atom. The molecule has 5 aromatic rings. The largest absolute Gasteiger partial charge is 0.454 e. The molecule has 234 valence electrons. The van der Waals surface area contributed by atoms with Gasteiger partial charge in [0.1, 0.15) is 0 Å². The first-order chi connectivity index (χ1) is 21.5. The number of alkyl halides is 8. The maximum atomic E-state index is 14.8. The van der Waals surface area contributed by atoms with Crippen LogP contribution in [-0.2, 0) is 0 Å². The molecule has 15 heteroatoms. The minimum atomic E-state index is -5.05. The lowest BCUT2D eigenvalue weighted by atomic mass is 10.1. The molecular formula is C31H12F8O4S3. The molecule has 0 atom stereocenters. The van der Waals surface area contributed by atoms with Crippen LogP contribution in [0.3, 0.4) is 0 Å². The van der Waals surface area contributed by atoms with Crippen molar-refractivity contribution in [1.82, 2.24) is 0 Å². The highest BCUT2D eigenvalue weighted by Gasteiger charge is 2.58. The molecule has 0 saturated heterocycles. The molecule has 4 nitrogen and oxygen atoms in total. The van der Waals surface area contributed by atoms with Crippen LogP contribution in [0.5, 0.6) is 0 Å². The summed E-state index contributed by atoms with van der Waals surface area (Å²) in [4.78, 5) is 50.5. The number of thiophene rings is 3. The van der Waals surface area contributed by atoms with Crippen LogP contribution in [-0.4, -0.2) is 41.4 Å². The zero-order chi connectivity index (χ0) is 33.3. The summed E-state index contributed by atoms with van der Waals surface area (Å²) in [7, 11) is 0. The monoisotopic (exact) mass is 696 g/mol. The lowest BCUT2D eigenvalue weighted by Gasteiger charge is -2.06. The van der Waals surface area contributed by atoms with Crippen LogP contribution in [0.15, 0.2) is 72.8 Å². The summed E-state index contributed by atoms with van der Waals surface area (Å²) < 4.78 is 106. The molecule has 2 aromatic carbocycles. The van der Waals surface area contributed by atoms with Crippen molar-refractivity contribution in [3.8, 4) is 40.4 Å². The van der Waals surface area contributed by atoms with E-state index in [9.17, 15) is 54.3 Å². The van der Waals surface area contributed by atoms with E-state index in [-0.39, 0.29) is 9.75 Å². The van der Waals surface area contributed by atoms with E-state index in [0.717, 1.165) is 58.3 Å². The van der Waals surface area contributed by atoms with Gasteiger partial charge in [-0.1, -0.05) is 48.5 Å². The van der Waals surface area contributed by atoms with Crippen LogP contribution in [0.25, 0.3) is 40.4 Å². The Morgan fingerprint density at radius 2 is 0.826 bits per heavy atom. The Balaban J connectivity index is 1.36. The topological polar surface area (TPSA) is 68.3 Å². The molecular weight excluding hydrogens is 685 g/mol. The van der Waals surface area contributed by atoms with Crippen LogP contribution < -0.4 is 0 Å². The predicted molar refractivity (Wildman–Crippen MR) is 156 cm³/mol. The van der Waals surface area contributed by atoms with Crippen LogP contribution in [0.4, 0.5) is 35.1 Å². The Bertz CT molecular complexity index is 1920. The molecule has 0 fully saturated rings. The molecule has 0 spiro atoms. The van der Waals surface area contributed by atoms with Crippen molar-refractivity contribution >= 4 is 57.1 Å². The van der Waals surface area contributed by atoms with Crippen LogP contribution in [0.1, 0.15) is 41.4 Å². The molecule has 0 unspecified atom stereocenters. The summed E-state index contributed by atoms with van der Waals surface area (Å²) in [6.45, 7) is 0. The lowest BCUT2D eigenvalue weighted by Crippen LogP contribution is -2.30. The van der Waals surface area contributed by atoms with Crippen molar-refractivity contribution in [3.05, 3.63) is 95.1 Å². The predicted octanol–water partition coefficient (Wildman–Crippen LogP) is 10.0. The number of rotatable bonds is 6. The maximum absolute atomic E-state index is 14.8. The molecule has 3 heterocycles. The van der Waals surface area contributed by atoms with Gasteiger partial charge in [-0.2, -0.15) is 35.1 Å². The molecule has 1 aliphatic rings. The molecule has 0 saturated carbocycles. The number of hydrogen-bond donors (Lipinski definition) is 0. The molecule has 0 aliphatic heterocycles. The summed E-state index contributed by atoms with van der Waals surface area (Å²) in [5, 5.41) is 0. The highest BCUT2D eigenvalue weighted by molar-refractivity contribution is 7.28. The number of halogens is 8. The summed E-state index contributed by atoms with van der Waals surface area (Å²) in [5.74, 6) is -11.7. The van der Waals surface area contributed by atoms with Gasteiger partial charge in [-0.25, -0.2) is 0 Å². The minimum absolute atomic E-state index is 0.0885. The zero-order valence-electron chi connectivity index (χ0n) is 22.3. The summed E-state index contributed by atoms with van der Waals surface area (Å²) in [6, 6.07) is 15.3. The van der Waals surface area contributed by atoms with Gasteiger partial charge in [0.2, 0.25) is 11.6 Å². The molecule has 1 aliphatic carbocycles. The fourth-order valence-electron chi connectivity index (χ4n) is 4.76. The molecule has 0 radical (unpaired) electrons. The number of ketones is 4. The van der Waals surface area contributed by atoms with E-state index in [2.05, 4.69) is 0 Å². The van der Waals surface area contributed by atoms with Gasteiger partial charge < -0.3 is 0 Å². The fourth-order valence-corrected chi connectivity index (χ4v) is 8.31. The second-order valence-corrected chi connectivity index (χ2v) is 13.1. The Kier molecular flexibility index (Phi) is 7.48. The Hall–Kier alpha value is -4.34. The second-order valence-electron chi connectivity index (χ2n) is 9.88. The fraction of sp³-hybridized carbons (Fsp3) is 0.0968. The third kappa shape index (κ3) is 5.31. The third-order valence-electron chi connectivity index (χ3n) is 6.97. The van der Waals surface area contributed by atoms with Crippen LogP contribution in [0, 0.1) is 0 Å². The summed E-state index contributed by atoms with van der Waals surface area (Å²) in [5.41, 5.74) is -1.22. The SMILES string of the molecule is O=C(c1ccc(-c2ccc(-c3sc(-c4ccc(-c5ccc(C(=O)C(F)(F)F)cc5)s4)c4c3C(=O)C(F)(F)C4=O)s2)cc1)C(F)(F)F.